The first-order valence-electron chi connectivity index (χ1n) is 13.5. The Balaban J connectivity index is 1.53. The van der Waals surface area contributed by atoms with Crippen molar-refractivity contribution in [3.63, 3.8) is 0 Å². The maximum Gasteiger partial charge on any atom is 0.416 e. The molecule has 43 heavy (non-hydrogen) atoms. The Morgan fingerprint density at radius 3 is 2.16 bits per heavy atom. The van der Waals surface area contributed by atoms with Crippen molar-refractivity contribution in [1.29, 1.82) is 0 Å². The highest BCUT2D eigenvalue weighted by Gasteiger charge is 2.40. The molecule has 16 heteroatoms. The average Bonchev–Trinajstić information content (AvgIpc) is 3.58. The van der Waals surface area contributed by atoms with Gasteiger partial charge in [0.15, 0.2) is 5.82 Å². The number of hydrogen-bond acceptors (Lipinski definition) is 8. The van der Waals surface area contributed by atoms with E-state index in [4.69, 9.17) is 23.2 Å². The summed E-state index contributed by atoms with van der Waals surface area (Å²) in [7, 11) is 0. The van der Waals surface area contributed by atoms with Gasteiger partial charge >= 0.3 is 12.4 Å². The van der Waals surface area contributed by atoms with Crippen LogP contribution >= 0.6 is 23.2 Å². The Bertz CT molecular complexity index is 1410. The lowest BCUT2D eigenvalue weighted by Gasteiger charge is -2.30. The van der Waals surface area contributed by atoms with E-state index in [9.17, 15) is 31.4 Å². The second kappa shape index (κ2) is 12.1. The van der Waals surface area contributed by atoms with Crippen LogP contribution in [0.15, 0.2) is 36.8 Å². The highest BCUT2D eigenvalue weighted by molar-refractivity contribution is 6.33. The number of aliphatic hydroxyl groups excluding tert-OH is 1. The third-order valence-electron chi connectivity index (χ3n) is 7.68. The van der Waals surface area contributed by atoms with Crippen LogP contribution in [0.5, 0.6) is 0 Å². The maximum atomic E-state index is 13.7. The number of benzene rings is 1. The standard InChI is InChI=1S/C27H27Cl2F6N7O/c1-2-18-8-19(13-41(18)23-22(28)11-36-24(29)39-23)42(25-37-9-20(10-38-25)40-4-3-21(43)14-40)12-15-5-16(26(30,31)32)7-17(6-15)27(33,34)35/h5-7,9-11,18-19,21,43H,2-4,8,12-14H2,1H3/t18-,19+,21-/m1/s1. The second-order valence-electron chi connectivity index (χ2n) is 10.6. The van der Waals surface area contributed by atoms with E-state index in [0.29, 0.717) is 56.0 Å². The van der Waals surface area contributed by atoms with Crippen molar-refractivity contribution in [3.8, 4) is 0 Å². The fourth-order valence-electron chi connectivity index (χ4n) is 5.58. The van der Waals surface area contributed by atoms with Gasteiger partial charge in [-0.15, -0.1) is 0 Å². The number of hydrogen-bond donors (Lipinski definition) is 1. The highest BCUT2D eigenvalue weighted by Crippen LogP contribution is 2.38. The first kappa shape index (κ1) is 31.3. The first-order chi connectivity index (χ1) is 20.2. The highest BCUT2D eigenvalue weighted by atomic mass is 35.5. The molecule has 2 saturated heterocycles. The molecule has 1 N–H and O–H groups in total. The fourth-order valence-corrected chi connectivity index (χ4v) is 5.90. The zero-order valence-electron chi connectivity index (χ0n) is 22.7. The molecule has 2 aliphatic rings. The van der Waals surface area contributed by atoms with Gasteiger partial charge in [0.25, 0.3) is 0 Å². The summed E-state index contributed by atoms with van der Waals surface area (Å²) in [5.74, 6) is 0.501. The van der Waals surface area contributed by atoms with Gasteiger partial charge in [0.2, 0.25) is 11.2 Å². The fraction of sp³-hybridized carbons (Fsp3) is 0.481. The van der Waals surface area contributed by atoms with Crippen molar-refractivity contribution < 1.29 is 31.4 Å². The largest absolute Gasteiger partial charge is 0.416 e. The minimum atomic E-state index is -4.99. The third-order valence-corrected chi connectivity index (χ3v) is 8.13. The van der Waals surface area contributed by atoms with E-state index in [-0.39, 0.29) is 47.0 Å². The molecule has 0 bridgehead atoms. The Morgan fingerprint density at radius 1 is 0.953 bits per heavy atom. The molecule has 8 nitrogen and oxygen atoms in total. The van der Waals surface area contributed by atoms with Gasteiger partial charge < -0.3 is 19.8 Å². The summed E-state index contributed by atoms with van der Waals surface area (Å²) >= 11 is 12.4. The average molecular weight is 650 g/mol. The van der Waals surface area contributed by atoms with Gasteiger partial charge in [-0.25, -0.2) is 15.0 Å². The van der Waals surface area contributed by atoms with Gasteiger partial charge in [0.05, 0.1) is 47.6 Å². The molecule has 3 aromatic rings. The number of anilines is 3. The van der Waals surface area contributed by atoms with Crippen LogP contribution in [0.1, 0.15) is 42.9 Å². The van der Waals surface area contributed by atoms with E-state index in [1.54, 1.807) is 4.90 Å². The smallest absolute Gasteiger partial charge is 0.391 e. The van der Waals surface area contributed by atoms with Gasteiger partial charge in [-0.1, -0.05) is 18.5 Å². The van der Waals surface area contributed by atoms with Gasteiger partial charge in [-0.2, -0.15) is 31.3 Å². The van der Waals surface area contributed by atoms with Crippen LogP contribution in [0.2, 0.25) is 10.3 Å². The molecule has 0 unspecified atom stereocenters. The molecule has 2 aromatic heterocycles. The molecule has 0 saturated carbocycles. The number of alkyl halides is 6. The van der Waals surface area contributed by atoms with Gasteiger partial charge in [0.1, 0.15) is 5.02 Å². The molecule has 3 atom stereocenters. The van der Waals surface area contributed by atoms with Gasteiger partial charge in [0, 0.05) is 32.2 Å². The Kier molecular flexibility index (Phi) is 8.83. The lowest BCUT2D eigenvalue weighted by atomic mass is 10.0. The van der Waals surface area contributed by atoms with Crippen LogP contribution in [-0.4, -0.2) is 62.9 Å². The summed E-state index contributed by atoms with van der Waals surface area (Å²) in [6.07, 6.45) is -4.35. The lowest BCUT2D eigenvalue weighted by molar-refractivity contribution is -0.143. The number of rotatable bonds is 7. The van der Waals surface area contributed by atoms with E-state index in [2.05, 4.69) is 19.9 Å². The van der Waals surface area contributed by atoms with Crippen molar-refractivity contribution >= 4 is 40.7 Å². The van der Waals surface area contributed by atoms with Gasteiger partial charge in [-0.05, 0) is 54.6 Å². The van der Waals surface area contributed by atoms with E-state index in [0.717, 1.165) is 0 Å². The predicted molar refractivity (Wildman–Crippen MR) is 149 cm³/mol. The molecule has 1 aromatic carbocycles. The van der Waals surface area contributed by atoms with Crippen LogP contribution in [-0.2, 0) is 18.9 Å². The van der Waals surface area contributed by atoms with E-state index in [1.165, 1.54) is 18.6 Å². The van der Waals surface area contributed by atoms with Crippen LogP contribution in [0.3, 0.4) is 0 Å². The Hall–Kier alpha value is -3.10. The van der Waals surface area contributed by atoms with Crippen LogP contribution in [0.4, 0.5) is 43.8 Å². The summed E-state index contributed by atoms with van der Waals surface area (Å²) in [6, 6.07) is 0.960. The molecule has 2 fully saturated rings. The zero-order valence-corrected chi connectivity index (χ0v) is 24.3. The molecule has 0 amide bonds. The van der Waals surface area contributed by atoms with E-state index < -0.39 is 35.6 Å². The van der Waals surface area contributed by atoms with Crippen molar-refractivity contribution in [1.82, 2.24) is 19.9 Å². The second-order valence-corrected chi connectivity index (χ2v) is 11.3. The van der Waals surface area contributed by atoms with Crippen molar-refractivity contribution in [2.45, 2.75) is 63.3 Å². The zero-order chi connectivity index (χ0) is 31.1. The first-order valence-corrected chi connectivity index (χ1v) is 14.2. The minimum Gasteiger partial charge on any atom is -0.391 e. The number of nitrogens with zero attached hydrogens (tertiary/aromatic N) is 7. The lowest BCUT2D eigenvalue weighted by Crippen LogP contribution is -2.39. The van der Waals surface area contributed by atoms with E-state index >= 15 is 0 Å². The minimum absolute atomic E-state index is 0.0239. The molecule has 0 spiro atoms. The summed E-state index contributed by atoms with van der Waals surface area (Å²) in [5, 5.41) is 10.1. The predicted octanol–water partition coefficient (Wildman–Crippen LogP) is 6.25. The van der Waals surface area contributed by atoms with Crippen LogP contribution in [0.25, 0.3) is 0 Å². The Labute approximate surface area is 253 Å². The maximum absolute atomic E-state index is 13.7. The topological polar surface area (TPSA) is 81.5 Å². The van der Waals surface area contributed by atoms with Crippen LogP contribution < -0.4 is 14.7 Å². The molecule has 4 heterocycles. The normalized spacial score (nSPS) is 21.1. The third kappa shape index (κ3) is 7.01. The molecule has 0 aliphatic carbocycles. The number of halogens is 8. The summed E-state index contributed by atoms with van der Waals surface area (Å²) in [4.78, 5) is 22.5. The molecule has 2 aliphatic heterocycles. The van der Waals surface area contributed by atoms with E-state index in [1.807, 2.05) is 16.7 Å². The summed E-state index contributed by atoms with van der Waals surface area (Å²) in [5.41, 5.74) is -2.36. The van der Waals surface area contributed by atoms with Crippen molar-refractivity contribution in [2.75, 3.05) is 34.3 Å². The SMILES string of the molecule is CC[C@@H]1C[C@H](N(Cc2cc(C(F)(F)F)cc(C(F)(F)F)c2)c2ncc(N3CC[C@@H](O)C3)cn2)CN1c1nc(Cl)ncc1Cl. The quantitative estimate of drug-likeness (QED) is 0.238. The monoisotopic (exact) mass is 649 g/mol. The van der Waals surface area contributed by atoms with Crippen LogP contribution in [0, 0.1) is 0 Å². The summed E-state index contributed by atoms with van der Waals surface area (Å²) < 4.78 is 81.9. The molecular weight excluding hydrogens is 623 g/mol. The number of aliphatic hydroxyl groups is 1. The molecular formula is C27H27Cl2F6N7O. The molecule has 0 radical (unpaired) electrons. The number of aromatic nitrogens is 4. The summed E-state index contributed by atoms with van der Waals surface area (Å²) in [6.45, 7) is 2.87. The van der Waals surface area contributed by atoms with Crippen molar-refractivity contribution in [2.24, 2.45) is 0 Å². The Morgan fingerprint density at radius 2 is 1.60 bits per heavy atom. The molecule has 232 valence electrons. The van der Waals surface area contributed by atoms with Crippen molar-refractivity contribution in [3.05, 3.63) is 63.8 Å². The van der Waals surface area contributed by atoms with Gasteiger partial charge in [-0.3, -0.25) is 0 Å². The molecule has 5 rings (SSSR count). The number of β-amino-alcohol motifs (C(OH)–C–C–N with tert-alkyl or cyclic N) is 1.